The molecule has 10 nitrogen and oxygen atoms in total. The van der Waals surface area contributed by atoms with Gasteiger partial charge < -0.3 is 30.1 Å². The number of aryl methyl sites for hydroxylation is 2. The number of carbonyl (C=O) groups excluding carboxylic acids is 4. The molecule has 43 heavy (non-hydrogen) atoms. The van der Waals surface area contributed by atoms with Crippen LogP contribution in [0.3, 0.4) is 0 Å². The molecule has 3 N–H and O–H groups in total. The Morgan fingerprint density at radius 2 is 1.63 bits per heavy atom. The van der Waals surface area contributed by atoms with E-state index in [1.807, 2.05) is 45.9 Å². The molecule has 3 atom stereocenters. The lowest BCUT2D eigenvalue weighted by Crippen LogP contribution is -2.56. The van der Waals surface area contributed by atoms with E-state index in [2.05, 4.69) is 10.6 Å². The van der Waals surface area contributed by atoms with Gasteiger partial charge in [0.05, 0.1) is 13.0 Å². The van der Waals surface area contributed by atoms with Crippen LogP contribution in [0.5, 0.6) is 5.75 Å². The summed E-state index contributed by atoms with van der Waals surface area (Å²) in [5, 5.41) is 15.3. The first kappa shape index (κ1) is 35.1. The number of hydrogen-bond acceptors (Lipinski definition) is 7. The molecule has 2 aromatic carbocycles. The molecule has 0 aromatic heterocycles. The second-order valence-corrected chi connectivity index (χ2v) is 11.7. The number of ether oxygens (including phenoxy) is 2. The molecule has 0 saturated heterocycles. The van der Waals surface area contributed by atoms with Gasteiger partial charge in [-0.15, -0.1) is 0 Å². The van der Waals surface area contributed by atoms with Gasteiger partial charge in [0.15, 0.2) is 0 Å². The minimum atomic E-state index is -1.09. The van der Waals surface area contributed by atoms with E-state index in [4.69, 9.17) is 9.47 Å². The Labute approximate surface area is 255 Å². The number of hydrogen-bond donors (Lipinski definition) is 3. The molecule has 2 rings (SSSR count). The van der Waals surface area contributed by atoms with Crippen molar-refractivity contribution in [3.8, 4) is 5.75 Å². The molecular weight excluding hydrogens is 550 g/mol. The molecule has 3 amide bonds. The number of carbonyl (C=O) groups is 4. The number of phenols is 1. The fourth-order valence-electron chi connectivity index (χ4n) is 4.48. The lowest BCUT2D eigenvalue weighted by molar-refractivity contribution is -0.146. The molecule has 10 heteroatoms. The van der Waals surface area contributed by atoms with E-state index in [1.54, 1.807) is 39.8 Å². The number of rotatable bonds is 13. The van der Waals surface area contributed by atoms with Crippen LogP contribution in [0, 0.1) is 13.8 Å². The monoisotopic (exact) mass is 597 g/mol. The van der Waals surface area contributed by atoms with Crippen LogP contribution < -0.4 is 10.6 Å². The number of nitrogens with zero attached hydrogens (tertiary/aromatic N) is 1. The van der Waals surface area contributed by atoms with Crippen LogP contribution in [-0.4, -0.2) is 64.7 Å². The molecule has 0 bridgehead atoms. The number of esters is 1. The lowest BCUT2D eigenvalue weighted by Gasteiger charge is -2.38. The van der Waals surface area contributed by atoms with E-state index in [0.29, 0.717) is 17.5 Å². The van der Waals surface area contributed by atoms with E-state index in [1.165, 1.54) is 17.0 Å². The molecule has 0 saturated carbocycles. The normalized spacial score (nSPS) is 13.3. The van der Waals surface area contributed by atoms with Crippen molar-refractivity contribution in [3.63, 3.8) is 0 Å². The fourth-order valence-corrected chi connectivity index (χ4v) is 4.48. The number of aromatic hydroxyl groups is 1. The minimum Gasteiger partial charge on any atom is -0.508 e. The largest absolute Gasteiger partial charge is 0.508 e. The van der Waals surface area contributed by atoms with Crippen LogP contribution in [0.4, 0.5) is 4.79 Å². The summed E-state index contributed by atoms with van der Waals surface area (Å²) in [4.78, 5) is 54.7. The first-order valence-electron chi connectivity index (χ1n) is 14.8. The second-order valence-electron chi connectivity index (χ2n) is 11.7. The number of nitrogens with one attached hydrogen (secondary N) is 2. The highest BCUT2D eigenvalue weighted by Crippen LogP contribution is 2.28. The Hall–Kier alpha value is -4.08. The highest BCUT2D eigenvalue weighted by atomic mass is 16.6. The zero-order chi connectivity index (χ0) is 32.3. The highest BCUT2D eigenvalue weighted by molar-refractivity contribution is 5.92. The van der Waals surface area contributed by atoms with Crippen molar-refractivity contribution in [2.75, 3.05) is 13.2 Å². The average Bonchev–Trinajstić information content (AvgIpc) is 2.92. The summed E-state index contributed by atoms with van der Waals surface area (Å²) in [6, 6.07) is 9.40. The fraction of sp³-hybridized carbons (Fsp3) is 0.515. The topological polar surface area (TPSA) is 134 Å². The Morgan fingerprint density at radius 1 is 0.977 bits per heavy atom. The summed E-state index contributed by atoms with van der Waals surface area (Å²) in [7, 11) is 0. The average molecular weight is 598 g/mol. The molecule has 0 spiro atoms. The predicted octanol–water partition coefficient (Wildman–Crippen LogP) is 4.88. The summed E-state index contributed by atoms with van der Waals surface area (Å²) in [5.41, 5.74) is 2.48. The van der Waals surface area contributed by atoms with Crippen LogP contribution in [0.15, 0.2) is 42.5 Å². The molecule has 0 aliphatic carbocycles. The first-order valence-corrected chi connectivity index (χ1v) is 14.8. The standard InChI is InChI=1S/C33H47N3O7/c1-9-23(5)36(29(25-14-11-21(3)22(4)19-25)30(39)34-18-17-28(38)42-10-2)31(40)27(35-32(41)43-33(6,7)8)20-24-12-15-26(37)16-13-24/h11-16,19,23,27,29,37H,9-10,17-18,20H2,1-8H3,(H,34,39)(H,35,41). The van der Waals surface area contributed by atoms with Crippen molar-refractivity contribution in [1.29, 1.82) is 0 Å². The van der Waals surface area contributed by atoms with Crippen LogP contribution >= 0.6 is 0 Å². The van der Waals surface area contributed by atoms with Crippen LogP contribution in [0.25, 0.3) is 0 Å². The maximum Gasteiger partial charge on any atom is 0.408 e. The third-order valence-corrected chi connectivity index (χ3v) is 6.99. The van der Waals surface area contributed by atoms with Crippen molar-refractivity contribution >= 4 is 23.9 Å². The Balaban J connectivity index is 2.57. The number of amides is 3. The molecule has 3 unspecified atom stereocenters. The van der Waals surface area contributed by atoms with Crippen molar-refractivity contribution < 1.29 is 33.8 Å². The lowest BCUT2D eigenvalue weighted by atomic mass is 9.95. The molecule has 0 aliphatic rings. The molecule has 0 aliphatic heterocycles. The zero-order valence-electron chi connectivity index (χ0n) is 26.7. The van der Waals surface area contributed by atoms with Crippen LogP contribution in [0.2, 0.25) is 0 Å². The van der Waals surface area contributed by atoms with E-state index in [-0.39, 0.29) is 31.7 Å². The van der Waals surface area contributed by atoms with Gasteiger partial charge in [-0.3, -0.25) is 14.4 Å². The van der Waals surface area contributed by atoms with Crippen LogP contribution in [0.1, 0.15) is 82.7 Å². The van der Waals surface area contributed by atoms with E-state index >= 15 is 0 Å². The third-order valence-electron chi connectivity index (χ3n) is 6.99. The summed E-state index contributed by atoms with van der Waals surface area (Å²) in [5.74, 6) is -1.29. The number of phenolic OH excluding ortho intramolecular Hbond substituents is 1. The Kier molecular flexibility index (Phi) is 13.0. The van der Waals surface area contributed by atoms with Gasteiger partial charge in [-0.2, -0.15) is 0 Å². The van der Waals surface area contributed by atoms with Gasteiger partial charge in [-0.25, -0.2) is 4.79 Å². The number of benzene rings is 2. The van der Waals surface area contributed by atoms with E-state index in [9.17, 15) is 24.3 Å². The predicted molar refractivity (Wildman–Crippen MR) is 164 cm³/mol. The molecule has 236 valence electrons. The van der Waals surface area contributed by atoms with Gasteiger partial charge in [0.1, 0.15) is 23.4 Å². The second kappa shape index (κ2) is 16.0. The van der Waals surface area contributed by atoms with Crippen LogP contribution in [-0.2, 0) is 30.3 Å². The summed E-state index contributed by atoms with van der Waals surface area (Å²) < 4.78 is 10.5. The molecule has 0 radical (unpaired) electrons. The van der Waals surface area contributed by atoms with Crippen molar-refractivity contribution in [2.24, 2.45) is 0 Å². The third kappa shape index (κ3) is 10.9. The first-order chi connectivity index (χ1) is 20.2. The summed E-state index contributed by atoms with van der Waals surface area (Å²) >= 11 is 0. The number of alkyl carbamates (subject to hydrolysis) is 1. The van der Waals surface area contributed by atoms with Gasteiger partial charge >= 0.3 is 12.1 Å². The van der Waals surface area contributed by atoms with Gasteiger partial charge in [-0.1, -0.05) is 37.3 Å². The summed E-state index contributed by atoms with van der Waals surface area (Å²) in [6.45, 7) is 14.8. The maximum absolute atomic E-state index is 14.5. The molecule has 0 heterocycles. The van der Waals surface area contributed by atoms with Gasteiger partial charge in [0, 0.05) is 19.0 Å². The Bertz CT molecular complexity index is 1250. The zero-order valence-corrected chi connectivity index (χ0v) is 26.7. The SMILES string of the molecule is CCOC(=O)CCNC(=O)C(c1ccc(C)c(C)c1)N(C(=O)C(Cc1ccc(O)cc1)NC(=O)OC(C)(C)C)C(C)CC. The summed E-state index contributed by atoms with van der Waals surface area (Å²) in [6.07, 6.45) is -0.160. The molecule has 0 fully saturated rings. The highest BCUT2D eigenvalue weighted by Gasteiger charge is 2.38. The maximum atomic E-state index is 14.5. The minimum absolute atomic E-state index is 0.0137. The Morgan fingerprint density at radius 3 is 2.19 bits per heavy atom. The smallest absolute Gasteiger partial charge is 0.408 e. The molecular formula is C33H47N3O7. The van der Waals surface area contributed by atoms with Gasteiger partial charge in [0.2, 0.25) is 11.8 Å². The van der Waals surface area contributed by atoms with E-state index in [0.717, 1.165) is 11.1 Å². The van der Waals surface area contributed by atoms with Crippen molar-refractivity contribution in [3.05, 3.63) is 64.7 Å². The van der Waals surface area contributed by atoms with Crippen molar-refractivity contribution in [1.82, 2.24) is 15.5 Å². The van der Waals surface area contributed by atoms with E-state index < -0.39 is 47.6 Å². The van der Waals surface area contributed by atoms with Crippen molar-refractivity contribution in [2.45, 2.75) is 98.4 Å². The van der Waals surface area contributed by atoms with Gasteiger partial charge in [-0.05, 0) is 89.3 Å². The van der Waals surface area contributed by atoms with Gasteiger partial charge in [0.25, 0.3) is 0 Å². The molecule has 2 aromatic rings. The quantitative estimate of drug-likeness (QED) is 0.280.